The standard InChI is InChI=1S/C25H23N3O2S/c1-14-6-8-15(9-7-14)20-18-4-3-5-19(18)28-25-21(20)22(26)23(31-25)24(29)27-16-10-12-17(30-2)13-11-16/h6-13H,3-5,26H2,1-2H3,(H,27,29). The summed E-state index contributed by atoms with van der Waals surface area (Å²) in [5.41, 5.74) is 13.7. The average Bonchev–Trinajstić information content (AvgIpc) is 3.38. The summed E-state index contributed by atoms with van der Waals surface area (Å²) in [6, 6.07) is 15.7. The molecule has 0 unspecified atom stereocenters. The van der Waals surface area contributed by atoms with Gasteiger partial charge in [0.2, 0.25) is 0 Å². The molecule has 4 aromatic rings. The second kappa shape index (κ2) is 7.71. The third-order valence-electron chi connectivity index (χ3n) is 5.80. The number of nitrogen functional groups attached to an aromatic ring is 1. The van der Waals surface area contributed by atoms with Gasteiger partial charge >= 0.3 is 0 Å². The summed E-state index contributed by atoms with van der Waals surface area (Å²) < 4.78 is 5.18. The van der Waals surface area contributed by atoms with E-state index < -0.39 is 0 Å². The first kappa shape index (κ1) is 19.6. The molecule has 0 atom stereocenters. The van der Waals surface area contributed by atoms with Crippen molar-refractivity contribution < 1.29 is 9.53 Å². The van der Waals surface area contributed by atoms with Crippen molar-refractivity contribution in [1.29, 1.82) is 0 Å². The predicted octanol–water partition coefficient (Wildman–Crippen LogP) is 5.60. The molecule has 1 aliphatic rings. The number of thiophene rings is 1. The Balaban J connectivity index is 1.61. The number of hydrogen-bond acceptors (Lipinski definition) is 5. The lowest BCUT2D eigenvalue weighted by Gasteiger charge is -2.12. The Labute approximate surface area is 184 Å². The third kappa shape index (κ3) is 3.43. The SMILES string of the molecule is COc1ccc(NC(=O)c2sc3nc4c(c(-c5ccc(C)cc5)c3c2N)CCC4)cc1. The van der Waals surface area contributed by atoms with E-state index in [4.69, 9.17) is 15.5 Å². The van der Waals surface area contributed by atoms with E-state index >= 15 is 0 Å². The number of hydrogen-bond donors (Lipinski definition) is 2. The molecule has 3 N–H and O–H groups in total. The molecule has 1 amide bonds. The Kier molecular flexibility index (Phi) is 4.87. The molecular formula is C25H23N3O2S. The number of nitrogens with two attached hydrogens (primary N) is 1. The van der Waals surface area contributed by atoms with Gasteiger partial charge in [0.1, 0.15) is 15.5 Å². The number of rotatable bonds is 4. The van der Waals surface area contributed by atoms with E-state index in [-0.39, 0.29) is 5.91 Å². The van der Waals surface area contributed by atoms with Gasteiger partial charge in [0, 0.05) is 16.8 Å². The zero-order chi connectivity index (χ0) is 21.5. The smallest absolute Gasteiger partial charge is 0.267 e. The van der Waals surface area contributed by atoms with Crippen LogP contribution in [-0.4, -0.2) is 18.0 Å². The highest BCUT2D eigenvalue weighted by atomic mass is 32.1. The minimum absolute atomic E-state index is 0.222. The monoisotopic (exact) mass is 429 g/mol. The fourth-order valence-electron chi connectivity index (χ4n) is 4.22. The van der Waals surface area contributed by atoms with Crippen LogP contribution in [-0.2, 0) is 12.8 Å². The Morgan fingerprint density at radius 1 is 1.10 bits per heavy atom. The minimum atomic E-state index is -0.222. The lowest BCUT2D eigenvalue weighted by atomic mass is 9.95. The van der Waals surface area contributed by atoms with Crippen LogP contribution in [0, 0.1) is 6.92 Å². The van der Waals surface area contributed by atoms with Gasteiger partial charge in [-0.25, -0.2) is 4.98 Å². The number of aryl methyl sites for hydroxylation is 2. The van der Waals surface area contributed by atoms with Crippen LogP contribution in [0.5, 0.6) is 5.75 Å². The number of benzene rings is 2. The molecule has 5 rings (SSSR count). The molecule has 2 heterocycles. The van der Waals surface area contributed by atoms with Gasteiger partial charge in [-0.3, -0.25) is 4.79 Å². The van der Waals surface area contributed by atoms with Crippen molar-refractivity contribution >= 4 is 38.8 Å². The minimum Gasteiger partial charge on any atom is -0.497 e. The lowest BCUT2D eigenvalue weighted by molar-refractivity contribution is 0.103. The summed E-state index contributed by atoms with van der Waals surface area (Å²) in [4.78, 5) is 19.3. The van der Waals surface area contributed by atoms with Crippen molar-refractivity contribution in [2.75, 3.05) is 18.2 Å². The van der Waals surface area contributed by atoms with Gasteiger partial charge in [-0.1, -0.05) is 29.8 Å². The van der Waals surface area contributed by atoms with E-state index in [2.05, 4.69) is 36.5 Å². The third-order valence-corrected chi connectivity index (χ3v) is 6.90. The van der Waals surface area contributed by atoms with E-state index in [1.54, 1.807) is 7.11 Å². The quantitative estimate of drug-likeness (QED) is 0.442. The second-order valence-electron chi connectivity index (χ2n) is 7.84. The first-order chi connectivity index (χ1) is 15.0. The highest BCUT2D eigenvalue weighted by Gasteiger charge is 2.26. The van der Waals surface area contributed by atoms with Crippen molar-refractivity contribution in [1.82, 2.24) is 4.98 Å². The number of carbonyl (C=O) groups is 1. The summed E-state index contributed by atoms with van der Waals surface area (Å²) in [5.74, 6) is 0.515. The highest BCUT2D eigenvalue weighted by Crippen LogP contribution is 2.44. The summed E-state index contributed by atoms with van der Waals surface area (Å²) in [6.07, 6.45) is 3.06. The molecule has 0 spiro atoms. The van der Waals surface area contributed by atoms with Crippen LogP contribution in [0.15, 0.2) is 48.5 Å². The largest absolute Gasteiger partial charge is 0.497 e. The van der Waals surface area contributed by atoms with Gasteiger partial charge in [-0.2, -0.15) is 0 Å². The fraction of sp³-hybridized carbons (Fsp3) is 0.200. The maximum atomic E-state index is 13.1. The molecule has 0 radical (unpaired) electrons. The Morgan fingerprint density at radius 2 is 1.84 bits per heavy atom. The topological polar surface area (TPSA) is 77.2 Å². The number of carbonyl (C=O) groups excluding carboxylic acids is 1. The van der Waals surface area contributed by atoms with Crippen LogP contribution in [0.25, 0.3) is 21.3 Å². The van der Waals surface area contributed by atoms with E-state index in [0.717, 1.165) is 52.0 Å². The summed E-state index contributed by atoms with van der Waals surface area (Å²) in [6.45, 7) is 2.08. The summed E-state index contributed by atoms with van der Waals surface area (Å²) in [5, 5.41) is 3.84. The fourth-order valence-corrected chi connectivity index (χ4v) is 5.23. The van der Waals surface area contributed by atoms with Crippen LogP contribution in [0.2, 0.25) is 0 Å². The Morgan fingerprint density at radius 3 is 2.55 bits per heavy atom. The van der Waals surface area contributed by atoms with E-state index in [1.165, 1.54) is 22.5 Å². The van der Waals surface area contributed by atoms with Crippen molar-refractivity contribution in [3.05, 3.63) is 70.2 Å². The maximum absolute atomic E-state index is 13.1. The van der Waals surface area contributed by atoms with Crippen molar-refractivity contribution in [3.63, 3.8) is 0 Å². The van der Waals surface area contributed by atoms with E-state index in [9.17, 15) is 4.79 Å². The number of ether oxygens (including phenoxy) is 1. The molecule has 0 saturated heterocycles. The molecule has 2 aromatic carbocycles. The van der Waals surface area contributed by atoms with Crippen molar-refractivity contribution in [3.8, 4) is 16.9 Å². The number of nitrogens with one attached hydrogen (secondary N) is 1. The molecule has 1 aliphatic carbocycles. The molecular weight excluding hydrogens is 406 g/mol. The Hall–Kier alpha value is -3.38. The van der Waals surface area contributed by atoms with Gasteiger partial charge in [-0.05, 0) is 67.1 Å². The Bertz CT molecular complexity index is 1290. The van der Waals surface area contributed by atoms with E-state index in [1.807, 2.05) is 24.3 Å². The van der Waals surface area contributed by atoms with Crippen LogP contribution in [0.1, 0.15) is 32.9 Å². The molecule has 156 valence electrons. The van der Waals surface area contributed by atoms with Crippen molar-refractivity contribution in [2.24, 2.45) is 0 Å². The number of methoxy groups -OCH3 is 1. The van der Waals surface area contributed by atoms with Gasteiger partial charge in [-0.15, -0.1) is 11.3 Å². The highest BCUT2D eigenvalue weighted by molar-refractivity contribution is 7.21. The molecule has 5 nitrogen and oxygen atoms in total. The zero-order valence-electron chi connectivity index (χ0n) is 17.5. The molecule has 0 fully saturated rings. The van der Waals surface area contributed by atoms with E-state index in [0.29, 0.717) is 16.3 Å². The second-order valence-corrected chi connectivity index (χ2v) is 8.84. The molecule has 2 aromatic heterocycles. The summed E-state index contributed by atoms with van der Waals surface area (Å²) in [7, 11) is 1.61. The van der Waals surface area contributed by atoms with Gasteiger partial charge in [0.25, 0.3) is 5.91 Å². The number of fused-ring (bicyclic) bond motifs is 2. The number of anilines is 2. The normalized spacial score (nSPS) is 12.7. The van der Waals surface area contributed by atoms with Crippen LogP contribution in [0.3, 0.4) is 0 Å². The number of amides is 1. The number of aromatic nitrogens is 1. The van der Waals surface area contributed by atoms with Gasteiger partial charge in [0.05, 0.1) is 12.8 Å². The van der Waals surface area contributed by atoms with Crippen molar-refractivity contribution in [2.45, 2.75) is 26.2 Å². The first-order valence-corrected chi connectivity index (χ1v) is 11.1. The molecule has 31 heavy (non-hydrogen) atoms. The zero-order valence-corrected chi connectivity index (χ0v) is 18.3. The number of pyridine rings is 1. The molecule has 0 aliphatic heterocycles. The maximum Gasteiger partial charge on any atom is 0.267 e. The van der Waals surface area contributed by atoms with Crippen LogP contribution in [0.4, 0.5) is 11.4 Å². The lowest BCUT2D eigenvalue weighted by Crippen LogP contribution is -2.11. The summed E-state index contributed by atoms with van der Waals surface area (Å²) >= 11 is 1.36. The van der Waals surface area contributed by atoms with Gasteiger partial charge in [0.15, 0.2) is 0 Å². The van der Waals surface area contributed by atoms with Crippen LogP contribution >= 0.6 is 11.3 Å². The first-order valence-electron chi connectivity index (χ1n) is 10.3. The number of nitrogens with zero attached hydrogens (tertiary/aromatic N) is 1. The predicted molar refractivity (Wildman–Crippen MR) is 127 cm³/mol. The molecule has 6 heteroatoms. The molecule has 0 bridgehead atoms. The average molecular weight is 430 g/mol. The van der Waals surface area contributed by atoms with Crippen LogP contribution < -0.4 is 15.8 Å². The molecule has 0 saturated carbocycles. The van der Waals surface area contributed by atoms with Gasteiger partial charge < -0.3 is 15.8 Å².